The predicted molar refractivity (Wildman–Crippen MR) is 113 cm³/mol. The molecule has 0 saturated heterocycles. The molecule has 0 spiro atoms. The molecular weight excluding hydrogens is 424 g/mol. The van der Waals surface area contributed by atoms with Gasteiger partial charge in [0.25, 0.3) is 5.91 Å². The van der Waals surface area contributed by atoms with Crippen molar-refractivity contribution in [3.8, 4) is 5.75 Å². The number of hydrogen-bond donors (Lipinski definition) is 4. The van der Waals surface area contributed by atoms with E-state index in [2.05, 4.69) is 0 Å². The van der Waals surface area contributed by atoms with E-state index >= 15 is 0 Å². The van der Waals surface area contributed by atoms with Crippen molar-refractivity contribution in [3.63, 3.8) is 0 Å². The summed E-state index contributed by atoms with van der Waals surface area (Å²) < 4.78 is 0. The molecule has 2 aliphatic rings. The maximum atomic E-state index is 13.6. The molecule has 0 radical (unpaired) electrons. The Labute approximate surface area is 182 Å². The third-order valence-corrected chi connectivity index (χ3v) is 6.78. The minimum absolute atomic E-state index is 0.0250. The molecular formula is C22H21ClN2O6. The number of carbonyl (C=O) groups excluding carboxylic acids is 3. The minimum Gasteiger partial charge on any atom is -0.508 e. The predicted octanol–water partition coefficient (Wildman–Crippen LogP) is 1.40. The summed E-state index contributed by atoms with van der Waals surface area (Å²) in [7, 11) is 3.12. The van der Waals surface area contributed by atoms with Crippen LogP contribution in [0.3, 0.4) is 0 Å². The first-order valence-electron chi connectivity index (χ1n) is 9.58. The fourth-order valence-electron chi connectivity index (χ4n) is 5.04. The number of aliphatic hydroxyl groups excluding tert-OH is 1. The number of ketones is 2. The van der Waals surface area contributed by atoms with Crippen LogP contribution in [0.1, 0.15) is 21.5 Å². The number of rotatable bonds is 2. The maximum Gasteiger partial charge on any atom is 0.255 e. The SMILES string of the molecule is Cc1c2c(c(O)c3cccc(Cl)c13)C(=O)C1(O)C(O)=C(C(N)=O)C(=O)C(N(C)C)C1C2. The first kappa shape index (κ1) is 21.3. The summed E-state index contributed by atoms with van der Waals surface area (Å²) in [6.07, 6.45) is -0.0250. The number of hydrogen-bond acceptors (Lipinski definition) is 7. The highest BCUT2D eigenvalue weighted by atomic mass is 35.5. The zero-order chi connectivity index (χ0) is 23.0. The summed E-state index contributed by atoms with van der Waals surface area (Å²) in [6, 6.07) is 3.75. The maximum absolute atomic E-state index is 13.6. The molecule has 2 aromatic carbocycles. The van der Waals surface area contributed by atoms with E-state index in [4.69, 9.17) is 17.3 Å². The Morgan fingerprint density at radius 1 is 1.26 bits per heavy atom. The number of benzene rings is 2. The molecule has 0 saturated carbocycles. The smallest absolute Gasteiger partial charge is 0.255 e. The molecule has 3 atom stereocenters. The molecule has 8 nitrogen and oxygen atoms in total. The lowest BCUT2D eigenvalue weighted by Gasteiger charge is -2.47. The molecule has 3 unspecified atom stereocenters. The van der Waals surface area contributed by atoms with E-state index < -0.39 is 46.4 Å². The number of carbonyl (C=O) groups is 3. The number of amides is 1. The first-order valence-corrected chi connectivity index (χ1v) is 9.96. The van der Waals surface area contributed by atoms with Gasteiger partial charge >= 0.3 is 0 Å². The average Bonchev–Trinajstić information content (AvgIpc) is 2.68. The summed E-state index contributed by atoms with van der Waals surface area (Å²) in [6.45, 7) is 1.74. The zero-order valence-corrected chi connectivity index (χ0v) is 17.8. The van der Waals surface area contributed by atoms with Crippen molar-refractivity contribution in [2.24, 2.45) is 11.7 Å². The Balaban J connectivity index is 2.11. The minimum atomic E-state index is -2.60. The van der Waals surface area contributed by atoms with E-state index in [0.29, 0.717) is 26.9 Å². The standard InChI is InChI=1S/C22H21ClN2O6/c1-8-10-7-11-16(25(2)3)18(27)15(21(24)30)20(29)22(11,31)19(28)14(10)17(26)9-5-4-6-12(23)13(8)9/h4-6,11,16,26,29,31H,7H2,1-3H3,(H2,24,30). The number of Topliss-reactive ketones (excluding diaryl/α,β-unsaturated/α-hetero) is 2. The van der Waals surface area contributed by atoms with Gasteiger partial charge in [-0.25, -0.2) is 0 Å². The van der Waals surface area contributed by atoms with Gasteiger partial charge < -0.3 is 21.1 Å². The van der Waals surface area contributed by atoms with Crippen LogP contribution in [0.15, 0.2) is 29.5 Å². The molecule has 0 fully saturated rings. The average molecular weight is 445 g/mol. The molecule has 0 bridgehead atoms. The molecule has 31 heavy (non-hydrogen) atoms. The monoisotopic (exact) mass is 444 g/mol. The molecule has 2 aliphatic carbocycles. The van der Waals surface area contributed by atoms with Crippen molar-refractivity contribution in [1.29, 1.82) is 0 Å². The fraction of sp³-hybridized carbons (Fsp3) is 0.318. The van der Waals surface area contributed by atoms with E-state index in [9.17, 15) is 29.7 Å². The van der Waals surface area contributed by atoms with Gasteiger partial charge in [-0.2, -0.15) is 0 Å². The Hall–Kier alpha value is -2.94. The van der Waals surface area contributed by atoms with Gasteiger partial charge in [0.1, 0.15) is 17.1 Å². The lowest BCUT2D eigenvalue weighted by Crippen LogP contribution is -2.64. The normalized spacial score (nSPS) is 25.7. The molecule has 2 aromatic rings. The van der Waals surface area contributed by atoms with Gasteiger partial charge in [-0.3, -0.25) is 19.3 Å². The Bertz CT molecular complexity index is 1230. The summed E-state index contributed by atoms with van der Waals surface area (Å²) >= 11 is 6.35. The molecule has 1 amide bonds. The van der Waals surface area contributed by atoms with Crippen molar-refractivity contribution in [2.75, 3.05) is 14.1 Å². The van der Waals surface area contributed by atoms with Gasteiger partial charge in [0, 0.05) is 21.7 Å². The molecule has 9 heteroatoms. The number of nitrogens with zero attached hydrogens (tertiary/aromatic N) is 1. The van der Waals surface area contributed by atoms with Gasteiger partial charge in [0.05, 0.1) is 11.6 Å². The van der Waals surface area contributed by atoms with Crippen LogP contribution < -0.4 is 5.73 Å². The largest absolute Gasteiger partial charge is 0.508 e. The fourth-order valence-corrected chi connectivity index (χ4v) is 5.35. The van der Waals surface area contributed by atoms with Crippen LogP contribution in [0.25, 0.3) is 10.8 Å². The van der Waals surface area contributed by atoms with Gasteiger partial charge in [-0.1, -0.05) is 23.7 Å². The summed E-state index contributed by atoms with van der Waals surface area (Å²) in [5, 5.41) is 34.4. The number of halogens is 1. The van der Waals surface area contributed by atoms with E-state index in [0.717, 1.165) is 0 Å². The van der Waals surface area contributed by atoms with Crippen molar-refractivity contribution in [3.05, 3.63) is 51.2 Å². The van der Waals surface area contributed by atoms with Gasteiger partial charge in [0.2, 0.25) is 5.78 Å². The van der Waals surface area contributed by atoms with Crippen LogP contribution in [0, 0.1) is 12.8 Å². The summed E-state index contributed by atoms with van der Waals surface area (Å²) in [5.74, 6) is -5.60. The van der Waals surface area contributed by atoms with Crippen LogP contribution >= 0.6 is 11.6 Å². The number of aliphatic hydroxyl groups is 2. The van der Waals surface area contributed by atoms with Gasteiger partial charge in [-0.05, 0) is 44.6 Å². The number of aryl methyl sites for hydroxylation is 1. The Morgan fingerprint density at radius 3 is 2.48 bits per heavy atom. The second-order valence-electron chi connectivity index (χ2n) is 8.26. The summed E-state index contributed by atoms with van der Waals surface area (Å²) in [5.41, 5.74) is 2.76. The second-order valence-corrected chi connectivity index (χ2v) is 8.66. The number of aromatic hydroxyl groups is 1. The quantitative estimate of drug-likeness (QED) is 0.513. The molecule has 0 aromatic heterocycles. The van der Waals surface area contributed by atoms with Crippen LogP contribution in [0.2, 0.25) is 5.02 Å². The molecule has 5 N–H and O–H groups in total. The number of nitrogens with two attached hydrogens (primary N) is 1. The number of fused-ring (bicyclic) bond motifs is 3. The van der Waals surface area contributed by atoms with Gasteiger partial charge in [-0.15, -0.1) is 0 Å². The lowest BCUT2D eigenvalue weighted by atomic mass is 9.61. The molecule has 0 heterocycles. The number of primary amides is 1. The second kappa shape index (κ2) is 6.78. The van der Waals surface area contributed by atoms with E-state index in [1.54, 1.807) is 39.2 Å². The van der Waals surface area contributed by atoms with Crippen LogP contribution in [-0.4, -0.2) is 63.4 Å². The van der Waals surface area contributed by atoms with E-state index in [1.165, 1.54) is 4.90 Å². The van der Waals surface area contributed by atoms with E-state index in [-0.39, 0.29) is 17.7 Å². The highest BCUT2D eigenvalue weighted by Crippen LogP contribution is 2.50. The van der Waals surface area contributed by atoms with Gasteiger partial charge in [0.15, 0.2) is 11.4 Å². The first-order chi connectivity index (χ1) is 14.4. The molecule has 4 rings (SSSR count). The molecule has 162 valence electrons. The highest BCUT2D eigenvalue weighted by molar-refractivity contribution is 6.36. The lowest BCUT2D eigenvalue weighted by molar-refractivity contribution is -0.132. The third kappa shape index (κ3) is 2.59. The Morgan fingerprint density at radius 2 is 1.90 bits per heavy atom. The number of phenols is 1. The highest BCUT2D eigenvalue weighted by Gasteiger charge is 2.62. The van der Waals surface area contributed by atoms with Crippen LogP contribution in [-0.2, 0) is 16.0 Å². The van der Waals surface area contributed by atoms with Crippen molar-refractivity contribution in [1.82, 2.24) is 4.90 Å². The third-order valence-electron chi connectivity index (χ3n) is 6.47. The van der Waals surface area contributed by atoms with E-state index in [1.807, 2.05) is 0 Å². The van der Waals surface area contributed by atoms with Crippen molar-refractivity contribution >= 4 is 39.8 Å². The zero-order valence-electron chi connectivity index (χ0n) is 17.1. The Kier molecular flexibility index (Phi) is 4.66. The molecule has 0 aliphatic heterocycles. The van der Waals surface area contributed by atoms with Crippen LogP contribution in [0.4, 0.5) is 0 Å². The number of likely N-dealkylation sites (N-methyl/N-ethyl adjacent to an activating group) is 1. The van der Waals surface area contributed by atoms with Crippen molar-refractivity contribution in [2.45, 2.75) is 25.0 Å². The van der Waals surface area contributed by atoms with Crippen LogP contribution in [0.5, 0.6) is 5.75 Å². The summed E-state index contributed by atoms with van der Waals surface area (Å²) in [4.78, 5) is 40.0. The topological polar surface area (TPSA) is 141 Å². The number of phenolic OH excluding ortho intramolecular Hbond substituents is 1. The van der Waals surface area contributed by atoms with Crippen molar-refractivity contribution < 1.29 is 29.7 Å².